The number of benzene rings is 3. The molecule has 0 atom stereocenters. The third-order valence-electron chi connectivity index (χ3n) is 4.79. The molecule has 0 saturated carbocycles. The lowest BCUT2D eigenvalue weighted by Crippen LogP contribution is -2.13. The summed E-state index contributed by atoms with van der Waals surface area (Å²) in [6.45, 7) is 0. The number of hydrogen-bond acceptors (Lipinski definition) is 4. The van der Waals surface area contributed by atoms with Crippen LogP contribution < -0.4 is 10.1 Å². The van der Waals surface area contributed by atoms with Crippen molar-refractivity contribution in [1.82, 2.24) is 9.97 Å². The molecule has 3 aromatic carbocycles. The van der Waals surface area contributed by atoms with Gasteiger partial charge in [0.25, 0.3) is 5.91 Å². The van der Waals surface area contributed by atoms with Crippen molar-refractivity contribution in [3.63, 3.8) is 0 Å². The van der Waals surface area contributed by atoms with Crippen molar-refractivity contribution in [2.75, 3.05) is 12.4 Å². The van der Waals surface area contributed by atoms with E-state index in [1.807, 2.05) is 66.7 Å². The Labute approximate surface area is 166 Å². The van der Waals surface area contributed by atoms with E-state index in [0.29, 0.717) is 17.3 Å². The average molecular weight is 383 g/mol. The molecular weight excluding hydrogens is 366 g/mol. The molecule has 5 aromatic rings. The van der Waals surface area contributed by atoms with Gasteiger partial charge in [-0.15, -0.1) is 0 Å². The summed E-state index contributed by atoms with van der Waals surface area (Å²) in [5, 5.41) is 3.66. The molecule has 142 valence electrons. The number of ether oxygens (including phenoxy) is 1. The molecule has 0 fully saturated rings. The summed E-state index contributed by atoms with van der Waals surface area (Å²) in [6, 6.07) is 22.8. The molecule has 0 spiro atoms. The third kappa shape index (κ3) is 3.00. The van der Waals surface area contributed by atoms with Crippen LogP contribution in [0.1, 0.15) is 10.6 Å². The second kappa shape index (κ2) is 6.83. The van der Waals surface area contributed by atoms with Crippen LogP contribution in [0.15, 0.2) is 77.2 Å². The number of nitrogens with one attached hydrogen (secondary N) is 2. The highest BCUT2D eigenvalue weighted by atomic mass is 16.5. The van der Waals surface area contributed by atoms with Gasteiger partial charge in [0, 0.05) is 17.0 Å². The number of rotatable bonds is 4. The van der Waals surface area contributed by atoms with Gasteiger partial charge in [-0.25, -0.2) is 4.98 Å². The smallest absolute Gasteiger partial charge is 0.294 e. The van der Waals surface area contributed by atoms with E-state index in [-0.39, 0.29) is 11.7 Å². The molecule has 0 unspecified atom stereocenters. The number of amides is 1. The van der Waals surface area contributed by atoms with E-state index in [4.69, 9.17) is 9.15 Å². The van der Waals surface area contributed by atoms with Crippen LogP contribution >= 0.6 is 0 Å². The topological polar surface area (TPSA) is 80.1 Å². The molecule has 0 radical (unpaired) electrons. The number of methoxy groups -OCH3 is 1. The predicted molar refractivity (Wildman–Crippen MR) is 112 cm³/mol. The summed E-state index contributed by atoms with van der Waals surface area (Å²) in [4.78, 5) is 20.6. The highest BCUT2D eigenvalue weighted by Crippen LogP contribution is 2.36. The van der Waals surface area contributed by atoms with Crippen LogP contribution in [0.5, 0.6) is 5.75 Å². The van der Waals surface area contributed by atoms with Crippen molar-refractivity contribution >= 4 is 33.9 Å². The van der Waals surface area contributed by atoms with E-state index in [2.05, 4.69) is 15.3 Å². The molecule has 1 amide bonds. The SMILES string of the molecule is COc1ccc2c(-c3ccccc3)c(C(=O)Nc3nc4ccccc4[nH]3)oc2c1. The Morgan fingerprint density at radius 3 is 2.62 bits per heavy atom. The van der Waals surface area contributed by atoms with Crippen LogP contribution in [-0.4, -0.2) is 23.0 Å². The number of H-pyrrole nitrogens is 1. The Morgan fingerprint density at radius 1 is 1.03 bits per heavy atom. The zero-order valence-electron chi connectivity index (χ0n) is 15.6. The molecule has 2 N–H and O–H groups in total. The van der Waals surface area contributed by atoms with Gasteiger partial charge in [-0.05, 0) is 29.8 Å². The predicted octanol–water partition coefficient (Wildman–Crippen LogP) is 5.24. The summed E-state index contributed by atoms with van der Waals surface area (Å²) in [6.07, 6.45) is 0. The maximum absolute atomic E-state index is 13.1. The first-order valence-corrected chi connectivity index (χ1v) is 9.15. The second-order valence-electron chi connectivity index (χ2n) is 6.59. The second-order valence-corrected chi connectivity index (χ2v) is 6.59. The molecule has 0 aliphatic carbocycles. The first kappa shape index (κ1) is 17.1. The molecule has 0 bridgehead atoms. The van der Waals surface area contributed by atoms with Crippen molar-refractivity contribution < 1.29 is 13.9 Å². The summed E-state index contributed by atoms with van der Waals surface area (Å²) in [5.74, 6) is 0.876. The summed E-state index contributed by atoms with van der Waals surface area (Å²) >= 11 is 0. The molecule has 2 aromatic heterocycles. The largest absolute Gasteiger partial charge is 0.497 e. The van der Waals surface area contributed by atoms with Crippen molar-refractivity contribution in [3.8, 4) is 16.9 Å². The minimum atomic E-state index is -0.377. The van der Waals surface area contributed by atoms with E-state index in [0.717, 1.165) is 27.5 Å². The van der Waals surface area contributed by atoms with Gasteiger partial charge < -0.3 is 14.1 Å². The maximum atomic E-state index is 13.1. The standard InChI is InChI=1S/C23H17N3O3/c1-28-15-11-12-16-19(13-15)29-21(20(16)14-7-3-2-4-8-14)22(27)26-23-24-17-9-5-6-10-18(17)25-23/h2-13H,1H3,(H2,24,25,26,27). The van der Waals surface area contributed by atoms with Crippen molar-refractivity contribution in [1.29, 1.82) is 0 Å². The molecular formula is C23H17N3O3. The highest BCUT2D eigenvalue weighted by Gasteiger charge is 2.23. The monoisotopic (exact) mass is 383 g/mol. The number of carbonyl (C=O) groups excluding carboxylic acids is 1. The molecule has 0 aliphatic heterocycles. The summed E-state index contributed by atoms with van der Waals surface area (Å²) in [7, 11) is 1.59. The number of hydrogen-bond donors (Lipinski definition) is 2. The van der Waals surface area contributed by atoms with Gasteiger partial charge in [-0.2, -0.15) is 0 Å². The van der Waals surface area contributed by atoms with Gasteiger partial charge in [-0.3, -0.25) is 10.1 Å². The number of aromatic nitrogens is 2. The lowest BCUT2D eigenvalue weighted by molar-refractivity contribution is 0.0998. The highest BCUT2D eigenvalue weighted by molar-refractivity contribution is 6.12. The van der Waals surface area contributed by atoms with Crippen LogP contribution in [0, 0.1) is 0 Å². The Bertz CT molecular complexity index is 1300. The van der Waals surface area contributed by atoms with Crippen molar-refractivity contribution in [3.05, 3.63) is 78.6 Å². The third-order valence-corrected chi connectivity index (χ3v) is 4.79. The summed E-state index contributed by atoms with van der Waals surface area (Å²) < 4.78 is 11.3. The van der Waals surface area contributed by atoms with Crippen LogP contribution in [0.2, 0.25) is 0 Å². The zero-order chi connectivity index (χ0) is 19.8. The van der Waals surface area contributed by atoms with Crippen LogP contribution in [-0.2, 0) is 0 Å². The van der Waals surface area contributed by atoms with E-state index in [1.165, 1.54) is 0 Å². The van der Waals surface area contributed by atoms with Gasteiger partial charge in [0.1, 0.15) is 11.3 Å². The summed E-state index contributed by atoms with van der Waals surface area (Å²) in [5.41, 5.74) is 3.84. The van der Waals surface area contributed by atoms with Crippen LogP contribution in [0.3, 0.4) is 0 Å². The quantitative estimate of drug-likeness (QED) is 0.445. The number of imidazole rings is 1. The van der Waals surface area contributed by atoms with E-state index < -0.39 is 0 Å². The molecule has 0 aliphatic rings. The normalized spacial score (nSPS) is 11.1. The Morgan fingerprint density at radius 2 is 1.83 bits per heavy atom. The fourth-order valence-electron chi connectivity index (χ4n) is 3.43. The van der Waals surface area contributed by atoms with Gasteiger partial charge in [0.2, 0.25) is 11.7 Å². The Hall–Kier alpha value is -4.06. The molecule has 29 heavy (non-hydrogen) atoms. The molecule has 5 rings (SSSR count). The lowest BCUT2D eigenvalue weighted by Gasteiger charge is -2.04. The van der Waals surface area contributed by atoms with Gasteiger partial charge in [0.15, 0.2) is 0 Å². The number of fused-ring (bicyclic) bond motifs is 2. The van der Waals surface area contributed by atoms with Gasteiger partial charge in [0.05, 0.1) is 18.1 Å². The molecule has 6 nitrogen and oxygen atoms in total. The first-order chi connectivity index (χ1) is 14.2. The minimum absolute atomic E-state index is 0.222. The number of aromatic amines is 1. The Balaban J connectivity index is 1.61. The first-order valence-electron chi connectivity index (χ1n) is 9.15. The molecule has 2 heterocycles. The van der Waals surface area contributed by atoms with Crippen LogP contribution in [0.4, 0.5) is 5.95 Å². The Kier molecular flexibility index (Phi) is 4.02. The average Bonchev–Trinajstić information content (AvgIpc) is 3.34. The van der Waals surface area contributed by atoms with Gasteiger partial charge >= 0.3 is 0 Å². The fraction of sp³-hybridized carbons (Fsp3) is 0.0435. The number of para-hydroxylation sites is 2. The maximum Gasteiger partial charge on any atom is 0.294 e. The van der Waals surface area contributed by atoms with Gasteiger partial charge in [-0.1, -0.05) is 42.5 Å². The zero-order valence-corrected chi connectivity index (χ0v) is 15.6. The number of carbonyl (C=O) groups is 1. The number of furan rings is 1. The molecule has 6 heteroatoms. The number of nitrogens with zero attached hydrogens (tertiary/aromatic N) is 1. The molecule has 0 saturated heterocycles. The number of anilines is 1. The van der Waals surface area contributed by atoms with E-state index in [1.54, 1.807) is 13.2 Å². The van der Waals surface area contributed by atoms with Crippen LogP contribution in [0.25, 0.3) is 33.1 Å². The minimum Gasteiger partial charge on any atom is -0.497 e. The van der Waals surface area contributed by atoms with E-state index >= 15 is 0 Å². The fourth-order valence-corrected chi connectivity index (χ4v) is 3.43. The van der Waals surface area contributed by atoms with Crippen molar-refractivity contribution in [2.24, 2.45) is 0 Å². The van der Waals surface area contributed by atoms with E-state index in [9.17, 15) is 4.79 Å². The lowest BCUT2D eigenvalue weighted by atomic mass is 10.0. The van der Waals surface area contributed by atoms with Crippen molar-refractivity contribution in [2.45, 2.75) is 0 Å².